The van der Waals surface area contributed by atoms with E-state index >= 15 is 0 Å². The second-order valence-corrected chi connectivity index (χ2v) is 6.85. The minimum absolute atomic E-state index is 0.00278. The van der Waals surface area contributed by atoms with Crippen LogP contribution in [0.3, 0.4) is 0 Å². The van der Waals surface area contributed by atoms with Gasteiger partial charge in [0.1, 0.15) is 0 Å². The van der Waals surface area contributed by atoms with Gasteiger partial charge in [-0.05, 0) is 38.3 Å². The van der Waals surface area contributed by atoms with Crippen LogP contribution >= 0.6 is 23.4 Å². The Hall–Kier alpha value is -0.670. The maximum atomic E-state index is 12.2. The number of hydrogen-bond donors (Lipinski definition) is 1. The maximum Gasteiger partial charge on any atom is 0.234 e. The predicted molar refractivity (Wildman–Crippen MR) is 77.3 cm³/mol. The van der Waals surface area contributed by atoms with E-state index in [-0.39, 0.29) is 16.7 Å². The lowest BCUT2D eigenvalue weighted by molar-refractivity contribution is -0.122. The molecule has 0 fully saturated rings. The fourth-order valence-electron chi connectivity index (χ4n) is 2.04. The molecule has 1 aromatic carbocycles. The molecule has 98 valence electrons. The zero-order valence-corrected chi connectivity index (χ0v) is 12.3. The summed E-state index contributed by atoms with van der Waals surface area (Å²) in [6, 6.07) is 8.22. The second-order valence-electron chi connectivity index (χ2n) is 5.23. The molecule has 0 bridgehead atoms. The van der Waals surface area contributed by atoms with Crippen molar-refractivity contribution in [3.8, 4) is 0 Å². The first kappa shape index (κ1) is 13.8. The minimum Gasteiger partial charge on any atom is -0.350 e. The Bertz CT molecular complexity index is 422. The number of thioether (sulfide) groups is 1. The Morgan fingerprint density at radius 2 is 2.22 bits per heavy atom. The molecule has 0 spiro atoms. The zero-order valence-electron chi connectivity index (χ0n) is 10.7. The van der Waals surface area contributed by atoms with E-state index in [1.807, 2.05) is 26.0 Å². The van der Waals surface area contributed by atoms with Crippen LogP contribution in [-0.4, -0.2) is 22.6 Å². The van der Waals surface area contributed by atoms with Gasteiger partial charge in [-0.3, -0.25) is 4.79 Å². The third kappa shape index (κ3) is 3.21. The van der Waals surface area contributed by atoms with Crippen molar-refractivity contribution in [2.75, 3.05) is 5.88 Å². The summed E-state index contributed by atoms with van der Waals surface area (Å²) in [7, 11) is 0. The van der Waals surface area contributed by atoms with Crippen molar-refractivity contribution >= 4 is 29.3 Å². The molecular formula is C14H18ClNOS. The van der Waals surface area contributed by atoms with Gasteiger partial charge >= 0.3 is 0 Å². The van der Waals surface area contributed by atoms with E-state index in [1.165, 1.54) is 10.5 Å². The number of nitrogens with one attached hydrogen (secondary N) is 1. The smallest absolute Gasteiger partial charge is 0.234 e. The third-order valence-electron chi connectivity index (χ3n) is 3.12. The molecule has 0 aromatic heterocycles. The zero-order chi connectivity index (χ0) is 13.2. The fraction of sp³-hybridized carbons (Fsp3) is 0.500. The predicted octanol–water partition coefficient (Wildman–Crippen LogP) is 3.23. The lowest BCUT2D eigenvalue weighted by Crippen LogP contribution is -2.47. The molecule has 0 saturated carbocycles. The number of alkyl halides is 1. The average molecular weight is 284 g/mol. The van der Waals surface area contributed by atoms with Crippen LogP contribution in [0.4, 0.5) is 0 Å². The van der Waals surface area contributed by atoms with Gasteiger partial charge in [0, 0.05) is 16.3 Å². The average Bonchev–Trinajstić information content (AvgIpc) is 2.71. The highest BCUT2D eigenvalue weighted by atomic mass is 35.5. The normalized spacial score (nSPS) is 18.5. The molecule has 0 radical (unpaired) electrons. The number of benzene rings is 1. The Morgan fingerprint density at radius 3 is 2.89 bits per heavy atom. The molecule has 1 atom stereocenters. The SMILES string of the molecule is CC(C)(CCCl)NC(=O)C1Cc2ccccc2S1. The van der Waals surface area contributed by atoms with Gasteiger partial charge in [-0.2, -0.15) is 0 Å². The largest absolute Gasteiger partial charge is 0.350 e. The Balaban J connectivity index is 1.97. The molecule has 4 heteroatoms. The lowest BCUT2D eigenvalue weighted by Gasteiger charge is -2.26. The van der Waals surface area contributed by atoms with Crippen LogP contribution in [0, 0.1) is 0 Å². The summed E-state index contributed by atoms with van der Waals surface area (Å²) >= 11 is 7.40. The summed E-state index contributed by atoms with van der Waals surface area (Å²) in [5, 5.41) is 3.09. The van der Waals surface area contributed by atoms with Crippen LogP contribution < -0.4 is 5.32 Å². The van der Waals surface area contributed by atoms with Gasteiger partial charge in [-0.25, -0.2) is 0 Å². The number of carbonyl (C=O) groups excluding carboxylic acids is 1. The fourth-order valence-corrected chi connectivity index (χ4v) is 3.71. The standard InChI is InChI=1S/C14H18ClNOS/c1-14(2,7-8-15)16-13(17)12-9-10-5-3-4-6-11(10)18-12/h3-6,12H,7-9H2,1-2H3,(H,16,17). The highest BCUT2D eigenvalue weighted by Crippen LogP contribution is 2.37. The van der Waals surface area contributed by atoms with E-state index in [2.05, 4.69) is 17.4 Å². The molecule has 2 nitrogen and oxygen atoms in total. The molecule has 1 amide bonds. The highest BCUT2D eigenvalue weighted by molar-refractivity contribution is 8.01. The van der Waals surface area contributed by atoms with Crippen molar-refractivity contribution in [3.63, 3.8) is 0 Å². The summed E-state index contributed by atoms with van der Waals surface area (Å²) < 4.78 is 0. The monoisotopic (exact) mass is 283 g/mol. The van der Waals surface area contributed by atoms with Gasteiger partial charge in [-0.1, -0.05) is 18.2 Å². The summed E-state index contributed by atoms with van der Waals surface area (Å²) in [5.41, 5.74) is 1.05. The Labute approximate surface area is 117 Å². The number of carbonyl (C=O) groups is 1. The number of halogens is 1. The van der Waals surface area contributed by atoms with E-state index in [9.17, 15) is 4.79 Å². The molecule has 1 aliphatic rings. The number of fused-ring (bicyclic) bond motifs is 1. The van der Waals surface area contributed by atoms with Gasteiger partial charge in [-0.15, -0.1) is 23.4 Å². The molecule has 2 rings (SSSR count). The van der Waals surface area contributed by atoms with Gasteiger partial charge in [0.05, 0.1) is 5.25 Å². The van der Waals surface area contributed by atoms with Gasteiger partial charge < -0.3 is 5.32 Å². The van der Waals surface area contributed by atoms with Crippen LogP contribution in [0.15, 0.2) is 29.2 Å². The van der Waals surface area contributed by atoms with Gasteiger partial charge in [0.25, 0.3) is 0 Å². The first-order valence-electron chi connectivity index (χ1n) is 6.14. The van der Waals surface area contributed by atoms with Crippen molar-refractivity contribution in [3.05, 3.63) is 29.8 Å². The van der Waals surface area contributed by atoms with Crippen LogP contribution in [0.2, 0.25) is 0 Å². The first-order valence-corrected chi connectivity index (χ1v) is 7.56. The van der Waals surface area contributed by atoms with E-state index < -0.39 is 0 Å². The van der Waals surface area contributed by atoms with Crippen molar-refractivity contribution in [2.45, 2.75) is 42.4 Å². The lowest BCUT2D eigenvalue weighted by atomic mass is 10.0. The van der Waals surface area contributed by atoms with Crippen LogP contribution in [0.1, 0.15) is 25.8 Å². The highest BCUT2D eigenvalue weighted by Gasteiger charge is 2.31. The summed E-state index contributed by atoms with van der Waals surface area (Å²) in [6.07, 6.45) is 1.61. The molecule has 1 aliphatic heterocycles. The van der Waals surface area contributed by atoms with Gasteiger partial charge in [0.15, 0.2) is 0 Å². The molecule has 18 heavy (non-hydrogen) atoms. The molecule has 0 saturated heterocycles. The number of amides is 1. The molecule has 0 aliphatic carbocycles. The third-order valence-corrected chi connectivity index (χ3v) is 4.63. The maximum absolute atomic E-state index is 12.2. The van der Waals surface area contributed by atoms with E-state index in [0.29, 0.717) is 5.88 Å². The number of hydrogen-bond acceptors (Lipinski definition) is 2. The summed E-state index contributed by atoms with van der Waals surface area (Å²) in [6.45, 7) is 4.03. The molecule has 1 aromatic rings. The van der Waals surface area contributed by atoms with Crippen molar-refractivity contribution < 1.29 is 4.79 Å². The summed E-state index contributed by atoms with van der Waals surface area (Å²) in [5.74, 6) is 0.678. The topological polar surface area (TPSA) is 29.1 Å². The quantitative estimate of drug-likeness (QED) is 0.860. The van der Waals surface area contributed by atoms with Gasteiger partial charge in [0.2, 0.25) is 5.91 Å². The molecule has 1 N–H and O–H groups in total. The molecule has 1 unspecified atom stereocenters. The van der Waals surface area contributed by atoms with Crippen molar-refractivity contribution in [1.29, 1.82) is 0 Å². The minimum atomic E-state index is -0.228. The number of rotatable bonds is 4. The van der Waals surface area contributed by atoms with Crippen LogP contribution in [-0.2, 0) is 11.2 Å². The Kier molecular flexibility index (Phi) is 4.23. The Morgan fingerprint density at radius 1 is 1.50 bits per heavy atom. The second kappa shape index (κ2) is 5.54. The van der Waals surface area contributed by atoms with Crippen molar-refractivity contribution in [1.82, 2.24) is 5.32 Å². The summed E-state index contributed by atoms with van der Waals surface area (Å²) in [4.78, 5) is 13.5. The van der Waals surface area contributed by atoms with Crippen LogP contribution in [0.25, 0.3) is 0 Å². The van der Waals surface area contributed by atoms with Crippen LogP contribution in [0.5, 0.6) is 0 Å². The van der Waals surface area contributed by atoms with E-state index in [1.54, 1.807) is 11.8 Å². The van der Waals surface area contributed by atoms with Crippen molar-refractivity contribution in [2.24, 2.45) is 0 Å². The first-order chi connectivity index (χ1) is 8.52. The molecular weight excluding hydrogens is 266 g/mol. The van der Waals surface area contributed by atoms with E-state index in [4.69, 9.17) is 11.6 Å². The van der Waals surface area contributed by atoms with E-state index in [0.717, 1.165) is 12.8 Å². The molecule has 1 heterocycles.